The highest BCUT2D eigenvalue weighted by atomic mass is 32.1. The molecule has 0 fully saturated rings. The number of rotatable bonds is 3. The number of allylic oxidation sites excluding steroid dienone is 2. The van der Waals surface area contributed by atoms with Gasteiger partial charge in [0.2, 0.25) is 6.79 Å². The van der Waals surface area contributed by atoms with Crippen molar-refractivity contribution in [2.24, 2.45) is 5.92 Å². The molecule has 4 heterocycles. The van der Waals surface area contributed by atoms with Gasteiger partial charge in [-0.3, -0.25) is 14.6 Å². The zero-order chi connectivity index (χ0) is 25.1. The number of fused-ring (bicyclic) bond motifs is 4. The number of benzene rings is 2. The average molecular weight is 511 g/mol. The van der Waals surface area contributed by atoms with Crippen LogP contribution >= 0.6 is 11.3 Å². The minimum atomic E-state index is -0.969. The van der Waals surface area contributed by atoms with Crippen molar-refractivity contribution in [3.63, 3.8) is 0 Å². The largest absolute Gasteiger partial charge is 0.468 e. The molecule has 3 atom stereocenters. The third-order valence-corrected chi connectivity index (χ3v) is 8.43. The Morgan fingerprint density at radius 1 is 1.11 bits per heavy atom. The van der Waals surface area contributed by atoms with E-state index in [4.69, 9.17) is 14.2 Å². The third kappa shape index (κ3) is 3.36. The fourth-order valence-electron chi connectivity index (χ4n) is 5.88. The molecule has 2 aromatic carbocycles. The van der Waals surface area contributed by atoms with Crippen molar-refractivity contribution in [2.45, 2.75) is 18.3 Å². The van der Waals surface area contributed by atoms with E-state index >= 15 is 0 Å². The van der Waals surface area contributed by atoms with Crippen molar-refractivity contribution >= 4 is 39.7 Å². The quantitative estimate of drug-likeness (QED) is 0.292. The summed E-state index contributed by atoms with van der Waals surface area (Å²) in [7, 11) is 1.33. The van der Waals surface area contributed by atoms with Crippen molar-refractivity contribution in [2.75, 3.05) is 19.2 Å². The van der Waals surface area contributed by atoms with Gasteiger partial charge in [-0.2, -0.15) is 0 Å². The SMILES string of the molecule is COC(=O)C1C(=O)C2=C(CC1c1ccc3c(c1)OCO3)Nc1ccc3ncccc3c1C2c1cccs1. The number of nitrogens with one attached hydrogen (secondary N) is 1. The van der Waals surface area contributed by atoms with Crippen molar-refractivity contribution in [1.29, 1.82) is 0 Å². The van der Waals surface area contributed by atoms with Crippen LogP contribution in [-0.4, -0.2) is 30.6 Å². The Morgan fingerprint density at radius 2 is 2.00 bits per heavy atom. The van der Waals surface area contributed by atoms with Gasteiger partial charge in [0, 0.05) is 39.3 Å². The van der Waals surface area contributed by atoms with Crippen LogP contribution in [0, 0.1) is 5.92 Å². The summed E-state index contributed by atoms with van der Waals surface area (Å²) < 4.78 is 16.2. The second-order valence-electron chi connectivity index (χ2n) is 9.35. The van der Waals surface area contributed by atoms with Gasteiger partial charge in [-0.15, -0.1) is 11.3 Å². The molecule has 1 aliphatic carbocycles. The standard InChI is InChI=1S/C29H22N2O5S/c1-34-29(33)25-17(15-6-9-21-22(12-15)36-14-35-21)13-20-26(28(25)32)27(23-5-3-11-37-23)24-16-4-2-10-30-18(16)7-8-19(24)31-20/h2-12,17,25,27,31H,13-14H2,1H3. The number of ether oxygens (including phenoxy) is 3. The lowest BCUT2D eigenvalue weighted by molar-refractivity contribution is -0.149. The number of hydrogen-bond acceptors (Lipinski definition) is 8. The molecule has 0 bridgehead atoms. The van der Waals surface area contributed by atoms with Crippen molar-refractivity contribution in [1.82, 2.24) is 4.98 Å². The smallest absolute Gasteiger partial charge is 0.317 e. The molecule has 0 amide bonds. The van der Waals surface area contributed by atoms with Crippen molar-refractivity contribution in [3.8, 4) is 11.5 Å². The first-order valence-electron chi connectivity index (χ1n) is 12.1. The second kappa shape index (κ2) is 8.45. The maximum atomic E-state index is 14.4. The maximum absolute atomic E-state index is 14.4. The summed E-state index contributed by atoms with van der Waals surface area (Å²) in [5.74, 6) is -1.16. The van der Waals surface area contributed by atoms with E-state index in [1.807, 2.05) is 53.9 Å². The van der Waals surface area contributed by atoms with Gasteiger partial charge in [0.25, 0.3) is 0 Å². The number of aromatic nitrogens is 1. The number of hydrogen-bond donors (Lipinski definition) is 1. The molecule has 0 spiro atoms. The molecule has 2 aliphatic heterocycles. The zero-order valence-electron chi connectivity index (χ0n) is 19.9. The first-order valence-corrected chi connectivity index (χ1v) is 12.9. The van der Waals surface area contributed by atoms with Crippen LogP contribution in [0.2, 0.25) is 0 Å². The van der Waals surface area contributed by atoms with Crippen LogP contribution in [0.4, 0.5) is 5.69 Å². The van der Waals surface area contributed by atoms with Gasteiger partial charge in [-0.1, -0.05) is 18.2 Å². The number of carbonyl (C=O) groups is 2. The van der Waals surface area contributed by atoms with Crippen LogP contribution in [0.25, 0.3) is 10.9 Å². The van der Waals surface area contributed by atoms with E-state index in [0.29, 0.717) is 23.5 Å². The van der Waals surface area contributed by atoms with Gasteiger partial charge in [-0.05, 0) is 59.3 Å². The van der Waals surface area contributed by atoms with E-state index in [9.17, 15) is 9.59 Å². The molecular formula is C29H22N2O5S. The Balaban J connectivity index is 1.42. The van der Waals surface area contributed by atoms with Crippen molar-refractivity contribution in [3.05, 3.63) is 93.4 Å². The Hall–Kier alpha value is -4.17. The Kier molecular flexibility index (Phi) is 5.04. The van der Waals surface area contributed by atoms with Gasteiger partial charge in [0.05, 0.1) is 18.5 Å². The summed E-state index contributed by atoms with van der Waals surface area (Å²) in [6.45, 7) is 0.155. The third-order valence-electron chi connectivity index (χ3n) is 7.50. The zero-order valence-corrected chi connectivity index (χ0v) is 20.7. The predicted molar refractivity (Wildman–Crippen MR) is 139 cm³/mol. The summed E-state index contributed by atoms with van der Waals surface area (Å²) in [6.07, 6.45) is 2.25. The van der Waals surface area contributed by atoms with E-state index in [-0.39, 0.29) is 18.5 Å². The van der Waals surface area contributed by atoms with Gasteiger partial charge in [0.15, 0.2) is 17.3 Å². The Labute approximate surface area is 216 Å². The van der Waals surface area contributed by atoms with Gasteiger partial charge < -0.3 is 19.5 Å². The highest BCUT2D eigenvalue weighted by molar-refractivity contribution is 7.10. The second-order valence-corrected chi connectivity index (χ2v) is 10.3. The normalized spacial score (nSPS) is 21.9. The van der Waals surface area contributed by atoms with Crippen LogP contribution in [0.15, 0.2) is 77.4 Å². The molecule has 0 saturated heterocycles. The molecule has 37 heavy (non-hydrogen) atoms. The minimum absolute atomic E-state index is 0.155. The molecule has 2 aromatic heterocycles. The molecular weight excluding hydrogens is 488 g/mol. The monoisotopic (exact) mass is 510 g/mol. The summed E-state index contributed by atoms with van der Waals surface area (Å²) in [5.41, 5.74) is 5.11. The summed E-state index contributed by atoms with van der Waals surface area (Å²) in [6, 6.07) is 17.6. The van der Waals surface area contributed by atoms with Crippen LogP contribution in [0.3, 0.4) is 0 Å². The van der Waals surface area contributed by atoms with E-state index < -0.39 is 17.8 Å². The molecule has 8 heteroatoms. The fourth-order valence-corrected chi connectivity index (χ4v) is 6.72. The lowest BCUT2D eigenvalue weighted by Crippen LogP contribution is -2.40. The molecule has 3 unspecified atom stereocenters. The molecule has 4 aromatic rings. The number of esters is 1. The summed E-state index contributed by atoms with van der Waals surface area (Å²) in [4.78, 5) is 33.1. The Morgan fingerprint density at radius 3 is 2.84 bits per heavy atom. The van der Waals surface area contributed by atoms with E-state index in [1.54, 1.807) is 17.5 Å². The van der Waals surface area contributed by atoms with Crippen LogP contribution in [-0.2, 0) is 14.3 Å². The average Bonchev–Trinajstić information content (AvgIpc) is 3.63. The first-order chi connectivity index (χ1) is 18.1. The molecule has 0 radical (unpaired) electrons. The highest BCUT2D eigenvalue weighted by Crippen LogP contribution is 2.52. The predicted octanol–water partition coefficient (Wildman–Crippen LogP) is 5.38. The lowest BCUT2D eigenvalue weighted by atomic mass is 9.68. The van der Waals surface area contributed by atoms with E-state index in [1.165, 1.54) is 7.11 Å². The number of thiophene rings is 1. The number of anilines is 1. The van der Waals surface area contributed by atoms with Crippen molar-refractivity contribution < 1.29 is 23.8 Å². The van der Waals surface area contributed by atoms with Gasteiger partial charge >= 0.3 is 5.97 Å². The van der Waals surface area contributed by atoms with E-state index in [2.05, 4.69) is 16.4 Å². The van der Waals surface area contributed by atoms with E-state index in [0.717, 1.165) is 38.3 Å². The fraction of sp³-hybridized carbons (Fsp3) is 0.207. The highest BCUT2D eigenvalue weighted by Gasteiger charge is 2.48. The summed E-state index contributed by atoms with van der Waals surface area (Å²) in [5, 5.41) is 6.57. The van der Waals surface area contributed by atoms with Gasteiger partial charge in [0.1, 0.15) is 5.92 Å². The topological polar surface area (TPSA) is 86.8 Å². The molecule has 3 aliphatic rings. The maximum Gasteiger partial charge on any atom is 0.317 e. The lowest BCUT2D eigenvalue weighted by Gasteiger charge is -2.39. The Bertz CT molecular complexity index is 1610. The summed E-state index contributed by atoms with van der Waals surface area (Å²) >= 11 is 1.60. The number of carbonyl (C=O) groups excluding carboxylic acids is 2. The molecule has 1 N–H and O–H groups in total. The molecule has 184 valence electrons. The minimum Gasteiger partial charge on any atom is -0.468 e. The van der Waals surface area contributed by atoms with Crippen LogP contribution < -0.4 is 14.8 Å². The van der Waals surface area contributed by atoms with Crippen LogP contribution in [0.5, 0.6) is 11.5 Å². The number of Topliss-reactive ketones (excluding diaryl/α,β-unsaturated/α-hetero) is 1. The molecule has 7 rings (SSSR count). The molecule has 7 nitrogen and oxygen atoms in total. The number of ketones is 1. The van der Waals surface area contributed by atoms with Gasteiger partial charge in [-0.25, -0.2) is 0 Å². The first kappa shape index (κ1) is 22.1. The number of pyridine rings is 1. The number of methoxy groups -OCH3 is 1. The molecule has 0 saturated carbocycles. The number of nitrogens with zero attached hydrogens (tertiary/aromatic N) is 1. The van der Waals surface area contributed by atoms with Crippen LogP contribution in [0.1, 0.15) is 34.3 Å².